The van der Waals surface area contributed by atoms with Gasteiger partial charge in [0.05, 0.1) is 12.2 Å². The van der Waals surface area contributed by atoms with E-state index in [1.54, 1.807) is 6.92 Å². The van der Waals surface area contributed by atoms with Crippen molar-refractivity contribution in [1.29, 1.82) is 0 Å². The highest BCUT2D eigenvalue weighted by molar-refractivity contribution is 7.81. The molecule has 0 aliphatic heterocycles. The van der Waals surface area contributed by atoms with E-state index in [0.717, 1.165) is 25.8 Å². The summed E-state index contributed by atoms with van der Waals surface area (Å²) in [6.45, 7) is 10.3. The van der Waals surface area contributed by atoms with E-state index in [0.29, 0.717) is 0 Å². The lowest BCUT2D eigenvalue weighted by Gasteiger charge is -2.23. The van der Waals surface area contributed by atoms with Crippen molar-refractivity contribution in [2.75, 3.05) is 13.2 Å². The maximum absolute atomic E-state index is 11.6. The molecule has 0 aromatic carbocycles. The maximum Gasteiger partial charge on any atom is 0.400 e. The van der Waals surface area contributed by atoms with Gasteiger partial charge in [0.1, 0.15) is 0 Å². The molecule has 0 amide bonds. The Morgan fingerprint density at radius 2 is 1.00 bits per heavy atom. The predicted octanol–water partition coefficient (Wildman–Crippen LogP) is 7.29. The van der Waals surface area contributed by atoms with Crippen LogP contribution in [0.3, 0.4) is 0 Å². The van der Waals surface area contributed by atoms with Crippen molar-refractivity contribution >= 4 is 10.4 Å². The summed E-state index contributed by atoms with van der Waals surface area (Å²) in [7, 11) is -3.86. The van der Waals surface area contributed by atoms with Gasteiger partial charge in [-0.2, -0.15) is 8.42 Å². The minimum absolute atomic E-state index is 0.109. The first-order chi connectivity index (χ1) is 14.2. The third-order valence-electron chi connectivity index (χ3n) is 4.97. The fourth-order valence-electron chi connectivity index (χ4n) is 3.41. The zero-order valence-electron chi connectivity index (χ0n) is 20.8. The van der Waals surface area contributed by atoms with E-state index in [9.17, 15) is 8.42 Å². The third-order valence-corrected chi connectivity index (χ3v) is 6.15. The topological polar surface area (TPSA) is 78.6 Å². The van der Waals surface area contributed by atoms with Gasteiger partial charge in [0.15, 0.2) is 0 Å². The number of hydrogen-bond donors (Lipinski definition) is 1. The average Bonchev–Trinajstić information content (AvgIpc) is 2.64. The molecule has 0 spiro atoms. The molecular weight excluding hydrogens is 398 g/mol. The smallest absolute Gasteiger partial charge is 0.331 e. The van der Waals surface area contributed by atoms with Crippen LogP contribution in [0.15, 0.2) is 0 Å². The number of rotatable bonds is 20. The highest BCUT2D eigenvalue weighted by atomic mass is 32.3. The Kier molecular flexibility index (Phi) is 23.5. The summed E-state index contributed by atoms with van der Waals surface area (Å²) < 4.78 is 32.9. The van der Waals surface area contributed by atoms with Crippen molar-refractivity contribution in [2.45, 2.75) is 143 Å². The van der Waals surface area contributed by atoms with Gasteiger partial charge in [0.2, 0.25) is 0 Å². The largest absolute Gasteiger partial charge is 0.400 e. The zero-order valence-corrected chi connectivity index (χ0v) is 21.7. The van der Waals surface area contributed by atoms with Gasteiger partial charge < -0.3 is 5.73 Å². The summed E-state index contributed by atoms with van der Waals surface area (Å²) in [5.41, 5.74) is 4.16. The van der Waals surface area contributed by atoms with Crippen LogP contribution in [0.5, 0.6) is 0 Å². The van der Waals surface area contributed by atoms with Crippen LogP contribution in [-0.4, -0.2) is 27.2 Å². The Balaban J connectivity index is 0. The van der Waals surface area contributed by atoms with Crippen LogP contribution in [0.1, 0.15) is 137 Å². The van der Waals surface area contributed by atoms with Gasteiger partial charge in [0.25, 0.3) is 0 Å². The molecule has 0 aliphatic rings. The van der Waals surface area contributed by atoms with E-state index in [1.165, 1.54) is 83.5 Å². The Bertz CT molecular complexity index is 438. The summed E-state index contributed by atoms with van der Waals surface area (Å²) in [6.07, 6.45) is 20.7. The molecule has 0 aromatic rings. The summed E-state index contributed by atoms with van der Waals surface area (Å²) in [5.74, 6) is 0. The Labute approximate surface area is 189 Å². The van der Waals surface area contributed by atoms with Gasteiger partial charge in [-0.15, -0.1) is 0 Å². The Morgan fingerprint density at radius 1 is 0.667 bits per heavy atom. The van der Waals surface area contributed by atoms with E-state index in [1.807, 2.05) is 20.8 Å². The van der Waals surface area contributed by atoms with E-state index < -0.39 is 16.0 Å². The van der Waals surface area contributed by atoms with E-state index >= 15 is 0 Å². The standard InChI is InChI=1S/C22H46O4S.C2H7N/c1-5-7-8-9-10-11-12-13-14-15-16-17-18-19-20-21-22(3,4)26-27(23,24)25-6-2;1-2-3/h5-21H2,1-4H3;2-3H2,1H3. The van der Waals surface area contributed by atoms with Gasteiger partial charge in [-0.25, -0.2) is 8.37 Å². The van der Waals surface area contributed by atoms with Crippen molar-refractivity contribution in [3.05, 3.63) is 0 Å². The van der Waals surface area contributed by atoms with E-state index in [2.05, 4.69) is 11.1 Å². The van der Waals surface area contributed by atoms with Gasteiger partial charge in [-0.1, -0.05) is 110 Å². The molecule has 0 heterocycles. The number of nitrogens with two attached hydrogens (primary N) is 1. The minimum atomic E-state index is -3.86. The lowest BCUT2D eigenvalue weighted by molar-refractivity contribution is 0.0775. The van der Waals surface area contributed by atoms with Crippen LogP contribution in [0.2, 0.25) is 0 Å². The second-order valence-electron chi connectivity index (χ2n) is 8.77. The molecule has 0 fully saturated rings. The Morgan fingerprint density at radius 3 is 1.33 bits per heavy atom. The molecule has 0 rings (SSSR count). The Hall–Kier alpha value is -0.170. The first kappa shape index (κ1) is 32.0. The molecule has 2 N–H and O–H groups in total. The quantitative estimate of drug-likeness (QED) is 0.197. The molecule has 0 bridgehead atoms. The second kappa shape index (κ2) is 22.0. The molecule has 0 unspecified atom stereocenters. The van der Waals surface area contributed by atoms with E-state index in [-0.39, 0.29) is 6.61 Å². The van der Waals surface area contributed by atoms with Crippen LogP contribution in [0.25, 0.3) is 0 Å². The lowest BCUT2D eigenvalue weighted by Crippen LogP contribution is -2.29. The predicted molar refractivity (Wildman–Crippen MR) is 130 cm³/mol. The van der Waals surface area contributed by atoms with E-state index in [4.69, 9.17) is 9.92 Å². The fourth-order valence-corrected chi connectivity index (χ4v) is 4.38. The van der Waals surface area contributed by atoms with Gasteiger partial charge in [-0.05, 0) is 33.7 Å². The van der Waals surface area contributed by atoms with Crippen molar-refractivity contribution in [2.24, 2.45) is 5.73 Å². The fraction of sp³-hybridized carbons (Fsp3) is 1.00. The molecule has 0 saturated heterocycles. The third kappa shape index (κ3) is 25.9. The summed E-state index contributed by atoms with van der Waals surface area (Å²) in [5, 5.41) is 0. The molecular formula is C24H53NO4S. The maximum atomic E-state index is 11.6. The molecule has 5 nitrogen and oxygen atoms in total. The van der Waals surface area contributed by atoms with Gasteiger partial charge >= 0.3 is 10.4 Å². The zero-order chi connectivity index (χ0) is 23.1. The minimum Gasteiger partial charge on any atom is -0.331 e. The van der Waals surface area contributed by atoms with Crippen LogP contribution in [0.4, 0.5) is 0 Å². The number of unbranched alkanes of at least 4 members (excludes halogenated alkanes) is 14. The molecule has 0 saturated carbocycles. The van der Waals surface area contributed by atoms with Crippen molar-refractivity contribution in [3.8, 4) is 0 Å². The monoisotopic (exact) mass is 451 g/mol. The summed E-state index contributed by atoms with van der Waals surface area (Å²) in [6, 6.07) is 0. The molecule has 0 aliphatic carbocycles. The molecule has 30 heavy (non-hydrogen) atoms. The second-order valence-corrected chi connectivity index (χ2v) is 9.98. The molecule has 0 atom stereocenters. The highest BCUT2D eigenvalue weighted by Crippen LogP contribution is 2.22. The van der Waals surface area contributed by atoms with Crippen LogP contribution in [0, 0.1) is 0 Å². The SMILES string of the molecule is CCCCCCCCCCCCCCCCCC(C)(C)OS(=O)(=O)OCC.CCN. The van der Waals surface area contributed by atoms with Crippen molar-refractivity contribution in [1.82, 2.24) is 0 Å². The summed E-state index contributed by atoms with van der Waals surface area (Å²) in [4.78, 5) is 0. The van der Waals surface area contributed by atoms with Crippen LogP contribution < -0.4 is 5.73 Å². The van der Waals surface area contributed by atoms with Gasteiger partial charge in [-0.3, -0.25) is 0 Å². The van der Waals surface area contributed by atoms with Gasteiger partial charge in [0, 0.05) is 0 Å². The summed E-state index contributed by atoms with van der Waals surface area (Å²) >= 11 is 0. The van der Waals surface area contributed by atoms with Crippen molar-refractivity contribution < 1.29 is 16.8 Å². The average molecular weight is 452 g/mol. The normalized spacial score (nSPS) is 11.9. The van der Waals surface area contributed by atoms with Crippen molar-refractivity contribution in [3.63, 3.8) is 0 Å². The number of hydrogen-bond acceptors (Lipinski definition) is 5. The molecule has 184 valence electrons. The lowest BCUT2D eigenvalue weighted by atomic mass is 9.99. The molecule has 6 heteroatoms. The highest BCUT2D eigenvalue weighted by Gasteiger charge is 2.26. The first-order valence-corrected chi connectivity index (χ1v) is 13.9. The van der Waals surface area contributed by atoms with Crippen LogP contribution >= 0.6 is 0 Å². The van der Waals surface area contributed by atoms with Crippen LogP contribution in [-0.2, 0) is 18.8 Å². The molecule has 0 radical (unpaired) electrons. The first-order valence-electron chi connectivity index (χ1n) is 12.5. The molecule has 0 aromatic heterocycles.